The summed E-state index contributed by atoms with van der Waals surface area (Å²) in [5, 5.41) is 22.7. The molecule has 26 heavy (non-hydrogen) atoms. The molecule has 6 heteroatoms. The Morgan fingerprint density at radius 3 is 2.58 bits per heavy atom. The van der Waals surface area contributed by atoms with E-state index in [2.05, 4.69) is 0 Å². The minimum atomic E-state index is -0.766. The third-order valence-electron chi connectivity index (χ3n) is 4.26. The van der Waals surface area contributed by atoms with E-state index in [4.69, 9.17) is 4.42 Å². The Labute approximate surface area is 146 Å². The summed E-state index contributed by atoms with van der Waals surface area (Å²) in [6, 6.07) is 18.8. The van der Waals surface area contributed by atoms with Crippen LogP contribution in [0.25, 0.3) is 32.9 Å². The van der Waals surface area contributed by atoms with Crippen LogP contribution in [-0.2, 0) is 0 Å². The second kappa shape index (κ2) is 5.83. The molecule has 0 spiro atoms. The summed E-state index contributed by atoms with van der Waals surface area (Å²) >= 11 is 0. The van der Waals surface area contributed by atoms with E-state index in [0.717, 1.165) is 10.8 Å². The van der Waals surface area contributed by atoms with Crippen molar-refractivity contribution in [1.82, 2.24) is 0 Å². The number of fused-ring (bicyclic) bond motifs is 3. The summed E-state index contributed by atoms with van der Waals surface area (Å²) < 4.78 is 5.42. The van der Waals surface area contributed by atoms with E-state index in [0.29, 0.717) is 22.1 Å². The SMILES string of the molecule is N#Cc1c(-c2cccc([N+](=O)[O-])c2)c2ccc3ccccc3c2oc1=O. The molecule has 0 bridgehead atoms. The second-order valence-corrected chi connectivity index (χ2v) is 5.72. The summed E-state index contributed by atoms with van der Waals surface area (Å²) in [5.41, 5.74) is 0.0606. The highest BCUT2D eigenvalue weighted by Crippen LogP contribution is 2.35. The molecule has 0 N–H and O–H groups in total. The zero-order chi connectivity index (χ0) is 18.3. The maximum absolute atomic E-state index is 12.4. The summed E-state index contributed by atoms with van der Waals surface area (Å²) in [6.45, 7) is 0. The van der Waals surface area contributed by atoms with Crippen molar-refractivity contribution in [2.75, 3.05) is 0 Å². The zero-order valence-corrected chi connectivity index (χ0v) is 13.3. The Morgan fingerprint density at radius 1 is 1.00 bits per heavy atom. The van der Waals surface area contributed by atoms with Crippen molar-refractivity contribution in [2.45, 2.75) is 0 Å². The molecule has 0 saturated carbocycles. The molecule has 3 aromatic carbocycles. The average Bonchev–Trinajstić information content (AvgIpc) is 2.67. The van der Waals surface area contributed by atoms with E-state index in [1.54, 1.807) is 12.1 Å². The van der Waals surface area contributed by atoms with Crippen molar-refractivity contribution in [3.8, 4) is 17.2 Å². The highest BCUT2D eigenvalue weighted by Gasteiger charge is 2.19. The maximum atomic E-state index is 12.4. The van der Waals surface area contributed by atoms with Crippen molar-refractivity contribution in [3.63, 3.8) is 0 Å². The lowest BCUT2D eigenvalue weighted by Gasteiger charge is -2.10. The third-order valence-corrected chi connectivity index (χ3v) is 4.26. The molecule has 0 aliphatic heterocycles. The predicted octanol–water partition coefficient (Wildman–Crippen LogP) is 4.39. The number of hydrogen-bond donors (Lipinski definition) is 0. The van der Waals surface area contributed by atoms with Gasteiger partial charge in [0, 0.05) is 28.5 Å². The van der Waals surface area contributed by atoms with Gasteiger partial charge in [0.2, 0.25) is 0 Å². The van der Waals surface area contributed by atoms with Crippen LogP contribution >= 0.6 is 0 Å². The second-order valence-electron chi connectivity index (χ2n) is 5.72. The van der Waals surface area contributed by atoms with Gasteiger partial charge in [-0.25, -0.2) is 4.79 Å². The Hall–Kier alpha value is -3.98. The van der Waals surface area contributed by atoms with Gasteiger partial charge in [-0.2, -0.15) is 5.26 Å². The average molecular weight is 342 g/mol. The van der Waals surface area contributed by atoms with Crippen molar-refractivity contribution >= 4 is 27.4 Å². The van der Waals surface area contributed by atoms with Gasteiger partial charge < -0.3 is 4.42 Å². The van der Waals surface area contributed by atoms with Crippen LogP contribution in [-0.4, -0.2) is 4.92 Å². The first-order valence-electron chi connectivity index (χ1n) is 7.73. The molecule has 0 aliphatic carbocycles. The van der Waals surface area contributed by atoms with Gasteiger partial charge in [-0.1, -0.05) is 42.5 Å². The van der Waals surface area contributed by atoms with Crippen LogP contribution in [0.1, 0.15) is 5.56 Å². The minimum absolute atomic E-state index is 0.117. The van der Waals surface area contributed by atoms with Gasteiger partial charge in [0.25, 0.3) is 5.69 Å². The molecule has 4 rings (SSSR count). The first-order valence-corrected chi connectivity index (χ1v) is 7.73. The molecule has 0 unspecified atom stereocenters. The number of non-ortho nitro benzene ring substituents is 1. The molecule has 6 nitrogen and oxygen atoms in total. The van der Waals surface area contributed by atoms with E-state index in [-0.39, 0.29) is 11.3 Å². The number of rotatable bonds is 2. The highest BCUT2D eigenvalue weighted by molar-refractivity contribution is 6.09. The van der Waals surface area contributed by atoms with Crippen LogP contribution in [0.15, 0.2) is 69.9 Å². The molecule has 124 valence electrons. The smallest absolute Gasteiger partial charge is 0.354 e. The molecule has 0 amide bonds. The molecule has 1 aromatic heterocycles. The van der Waals surface area contributed by atoms with Gasteiger partial charge in [-0.05, 0) is 17.0 Å². The largest absolute Gasteiger partial charge is 0.421 e. The lowest BCUT2D eigenvalue weighted by molar-refractivity contribution is -0.384. The first-order chi connectivity index (χ1) is 12.6. The molecular formula is C20H10N2O4. The van der Waals surface area contributed by atoms with E-state index < -0.39 is 10.5 Å². The van der Waals surface area contributed by atoms with Crippen LogP contribution in [0.2, 0.25) is 0 Å². The summed E-state index contributed by atoms with van der Waals surface area (Å²) in [7, 11) is 0. The van der Waals surface area contributed by atoms with E-state index in [1.807, 2.05) is 36.4 Å². The Kier molecular flexibility index (Phi) is 3.48. The molecule has 0 fully saturated rings. The highest BCUT2D eigenvalue weighted by atomic mass is 16.6. The molecule has 4 aromatic rings. The molecular weight excluding hydrogens is 332 g/mol. The number of nitro groups is 1. The van der Waals surface area contributed by atoms with Crippen LogP contribution in [0.4, 0.5) is 5.69 Å². The minimum Gasteiger partial charge on any atom is -0.421 e. The number of hydrogen-bond acceptors (Lipinski definition) is 5. The van der Waals surface area contributed by atoms with Crippen molar-refractivity contribution in [3.05, 3.63) is 86.8 Å². The van der Waals surface area contributed by atoms with Gasteiger partial charge in [-0.3, -0.25) is 10.1 Å². The molecule has 1 heterocycles. The summed E-state index contributed by atoms with van der Waals surface area (Å²) in [4.78, 5) is 23.0. The Morgan fingerprint density at radius 2 is 1.81 bits per heavy atom. The van der Waals surface area contributed by atoms with Crippen LogP contribution in [0, 0.1) is 21.4 Å². The van der Waals surface area contributed by atoms with Gasteiger partial charge in [-0.15, -0.1) is 0 Å². The normalized spacial score (nSPS) is 10.7. The van der Waals surface area contributed by atoms with Gasteiger partial charge in [0.15, 0.2) is 0 Å². The Bertz CT molecular complexity index is 1300. The summed E-state index contributed by atoms with van der Waals surface area (Å²) in [5.74, 6) is 0. The van der Waals surface area contributed by atoms with Crippen LogP contribution in [0.3, 0.4) is 0 Å². The van der Waals surface area contributed by atoms with Gasteiger partial charge in [0.1, 0.15) is 17.2 Å². The van der Waals surface area contributed by atoms with E-state index >= 15 is 0 Å². The zero-order valence-electron chi connectivity index (χ0n) is 13.3. The standard InChI is InChI=1S/C20H10N2O4/c21-11-17-18(13-5-3-6-14(10-13)22(24)25)16-9-8-12-4-1-2-7-15(12)19(16)26-20(17)23/h1-10H. The van der Waals surface area contributed by atoms with Crippen LogP contribution < -0.4 is 5.63 Å². The lowest BCUT2D eigenvalue weighted by Crippen LogP contribution is -2.07. The van der Waals surface area contributed by atoms with Crippen molar-refractivity contribution in [2.24, 2.45) is 0 Å². The maximum Gasteiger partial charge on any atom is 0.354 e. The topological polar surface area (TPSA) is 97.1 Å². The van der Waals surface area contributed by atoms with Crippen molar-refractivity contribution < 1.29 is 9.34 Å². The lowest BCUT2D eigenvalue weighted by atomic mass is 9.95. The monoisotopic (exact) mass is 342 g/mol. The predicted molar refractivity (Wildman–Crippen MR) is 96.8 cm³/mol. The summed E-state index contributed by atoms with van der Waals surface area (Å²) in [6.07, 6.45) is 0. The number of nitriles is 1. The van der Waals surface area contributed by atoms with Crippen molar-refractivity contribution in [1.29, 1.82) is 5.26 Å². The third kappa shape index (κ3) is 2.31. The van der Waals surface area contributed by atoms with E-state index in [1.165, 1.54) is 18.2 Å². The fraction of sp³-hybridized carbons (Fsp3) is 0. The quantitative estimate of drug-likeness (QED) is 0.233. The fourth-order valence-corrected chi connectivity index (χ4v) is 3.11. The number of nitro benzene ring substituents is 1. The fourth-order valence-electron chi connectivity index (χ4n) is 3.11. The van der Waals surface area contributed by atoms with Gasteiger partial charge in [0.05, 0.1) is 4.92 Å². The number of nitrogens with zero attached hydrogens (tertiary/aromatic N) is 2. The molecule has 0 aliphatic rings. The molecule has 0 atom stereocenters. The molecule has 0 saturated heterocycles. The Balaban J connectivity index is 2.19. The van der Waals surface area contributed by atoms with Crippen LogP contribution in [0.5, 0.6) is 0 Å². The first kappa shape index (κ1) is 15.5. The van der Waals surface area contributed by atoms with Gasteiger partial charge >= 0.3 is 5.63 Å². The molecule has 0 radical (unpaired) electrons. The number of benzene rings is 3. The van der Waals surface area contributed by atoms with E-state index in [9.17, 15) is 20.2 Å².